The third-order valence-electron chi connectivity index (χ3n) is 7.15. The largest absolute Gasteiger partial charge is 0.462 e. The highest BCUT2D eigenvalue weighted by Gasteiger charge is 2.16. The van der Waals surface area contributed by atoms with Crippen LogP contribution in [-0.2, 0) is 19.1 Å². The maximum absolute atomic E-state index is 12.1. The molecule has 5 heteroatoms. The molecule has 1 atom stereocenters. The minimum absolute atomic E-state index is 0.0586. The molecular formula is C32H62O5. The fourth-order valence-electron chi connectivity index (χ4n) is 4.67. The number of aliphatic hydroxyl groups excluding tert-OH is 1. The van der Waals surface area contributed by atoms with Gasteiger partial charge in [0, 0.05) is 12.8 Å². The maximum atomic E-state index is 12.1. The summed E-state index contributed by atoms with van der Waals surface area (Å²) in [5.41, 5.74) is 0. The van der Waals surface area contributed by atoms with E-state index in [1.807, 2.05) is 0 Å². The summed E-state index contributed by atoms with van der Waals surface area (Å²) in [6, 6.07) is 0. The average Bonchev–Trinajstić information content (AvgIpc) is 2.90. The first kappa shape index (κ1) is 35.9. The minimum atomic E-state index is -0.758. The molecule has 0 aliphatic rings. The Morgan fingerprint density at radius 3 is 1.19 bits per heavy atom. The molecule has 0 aromatic heterocycles. The molecule has 0 rings (SSSR count). The van der Waals surface area contributed by atoms with E-state index >= 15 is 0 Å². The van der Waals surface area contributed by atoms with E-state index in [1.54, 1.807) is 0 Å². The molecule has 1 N–H and O–H groups in total. The van der Waals surface area contributed by atoms with Crippen molar-refractivity contribution in [2.75, 3.05) is 13.2 Å². The Hall–Kier alpha value is -1.10. The van der Waals surface area contributed by atoms with Gasteiger partial charge in [-0.1, -0.05) is 149 Å². The molecule has 0 heterocycles. The number of hydrogen-bond donors (Lipinski definition) is 1. The lowest BCUT2D eigenvalue weighted by Gasteiger charge is -2.15. The quantitative estimate of drug-likeness (QED) is 0.0776. The van der Waals surface area contributed by atoms with Gasteiger partial charge in [-0.3, -0.25) is 9.59 Å². The molecule has 0 fully saturated rings. The Bertz CT molecular complexity index is 494. The second kappa shape index (κ2) is 29.5. The van der Waals surface area contributed by atoms with Crippen LogP contribution in [0.4, 0.5) is 0 Å². The second-order valence-electron chi connectivity index (χ2n) is 10.9. The molecular weight excluding hydrogens is 464 g/mol. The number of carbonyl (C=O) groups excluding carboxylic acids is 2. The van der Waals surface area contributed by atoms with Gasteiger partial charge in [-0.05, 0) is 12.8 Å². The Kier molecular flexibility index (Phi) is 28.6. The van der Waals surface area contributed by atoms with Crippen LogP contribution in [0.2, 0.25) is 0 Å². The number of carbonyl (C=O) groups is 2. The number of hydrogen-bond acceptors (Lipinski definition) is 5. The maximum Gasteiger partial charge on any atom is 0.306 e. The first-order valence-electron chi connectivity index (χ1n) is 16.1. The molecule has 0 aliphatic heterocycles. The van der Waals surface area contributed by atoms with E-state index in [-0.39, 0.29) is 25.2 Å². The summed E-state index contributed by atoms with van der Waals surface area (Å²) in [4.78, 5) is 24.0. The molecule has 5 nitrogen and oxygen atoms in total. The molecule has 0 amide bonds. The van der Waals surface area contributed by atoms with Crippen molar-refractivity contribution in [1.82, 2.24) is 0 Å². The zero-order chi connectivity index (χ0) is 27.2. The first-order chi connectivity index (χ1) is 18.1. The third kappa shape index (κ3) is 27.7. The average molecular weight is 527 g/mol. The molecule has 0 aromatic carbocycles. The molecule has 37 heavy (non-hydrogen) atoms. The van der Waals surface area contributed by atoms with Gasteiger partial charge in [0.2, 0.25) is 0 Å². The topological polar surface area (TPSA) is 72.8 Å². The molecule has 0 saturated heterocycles. The molecule has 0 aromatic rings. The smallest absolute Gasteiger partial charge is 0.306 e. The molecule has 0 spiro atoms. The summed E-state index contributed by atoms with van der Waals surface area (Å²) in [6.07, 6.45) is 28.7. The fraction of sp³-hybridized carbons (Fsp3) is 0.938. The lowest BCUT2D eigenvalue weighted by Crippen LogP contribution is -2.28. The summed E-state index contributed by atoms with van der Waals surface area (Å²) in [5, 5.41) is 9.46. The molecule has 0 radical (unpaired) electrons. The van der Waals surface area contributed by atoms with Gasteiger partial charge in [-0.15, -0.1) is 0 Å². The number of esters is 2. The van der Waals surface area contributed by atoms with Crippen LogP contribution in [-0.4, -0.2) is 36.4 Å². The van der Waals surface area contributed by atoms with Gasteiger partial charge >= 0.3 is 11.9 Å². The van der Waals surface area contributed by atoms with Gasteiger partial charge in [-0.2, -0.15) is 0 Å². The van der Waals surface area contributed by atoms with E-state index in [9.17, 15) is 14.7 Å². The number of unbranched alkanes of at least 4 members (excludes halogenated alkanes) is 21. The van der Waals surface area contributed by atoms with Gasteiger partial charge in [0.15, 0.2) is 6.10 Å². The molecule has 0 bridgehead atoms. The van der Waals surface area contributed by atoms with E-state index in [0.717, 1.165) is 38.5 Å². The second-order valence-corrected chi connectivity index (χ2v) is 10.9. The van der Waals surface area contributed by atoms with Crippen molar-refractivity contribution >= 4 is 11.9 Å². The summed E-state index contributed by atoms with van der Waals surface area (Å²) in [7, 11) is 0. The number of rotatable bonds is 29. The van der Waals surface area contributed by atoms with Crippen LogP contribution in [0.25, 0.3) is 0 Å². The van der Waals surface area contributed by atoms with Gasteiger partial charge < -0.3 is 14.6 Å². The van der Waals surface area contributed by atoms with Crippen LogP contribution in [0.15, 0.2) is 0 Å². The normalized spacial score (nSPS) is 12.0. The van der Waals surface area contributed by atoms with Gasteiger partial charge in [0.25, 0.3) is 0 Å². The predicted molar refractivity (Wildman–Crippen MR) is 155 cm³/mol. The van der Waals surface area contributed by atoms with E-state index in [1.165, 1.54) is 109 Å². The van der Waals surface area contributed by atoms with Crippen molar-refractivity contribution < 1.29 is 24.2 Å². The highest BCUT2D eigenvalue weighted by atomic mass is 16.6. The van der Waals surface area contributed by atoms with Crippen LogP contribution in [0.3, 0.4) is 0 Å². The zero-order valence-corrected chi connectivity index (χ0v) is 24.7. The fourth-order valence-corrected chi connectivity index (χ4v) is 4.67. The number of ether oxygens (including phenoxy) is 2. The molecule has 1 unspecified atom stereocenters. The Morgan fingerprint density at radius 1 is 0.514 bits per heavy atom. The van der Waals surface area contributed by atoms with Crippen LogP contribution >= 0.6 is 0 Å². The molecule has 220 valence electrons. The minimum Gasteiger partial charge on any atom is -0.462 e. The Labute approximate surface area is 229 Å². The summed E-state index contributed by atoms with van der Waals surface area (Å²) < 4.78 is 10.5. The van der Waals surface area contributed by atoms with E-state index in [0.29, 0.717) is 12.8 Å². The standard InChI is InChI=1S/C32H62O5/c1-3-5-7-9-11-13-14-15-16-17-18-19-21-23-25-27-32(35)37-30(28-33)29-36-31(34)26-24-22-20-12-10-8-6-4-2/h30,33H,3-29H2,1-2H3. The summed E-state index contributed by atoms with van der Waals surface area (Å²) in [6.45, 7) is 4.10. The zero-order valence-electron chi connectivity index (χ0n) is 24.7. The van der Waals surface area contributed by atoms with Crippen LogP contribution in [0.1, 0.15) is 174 Å². The molecule has 0 saturated carbocycles. The lowest BCUT2D eigenvalue weighted by atomic mass is 10.0. The highest BCUT2D eigenvalue weighted by molar-refractivity contribution is 5.70. The summed E-state index contributed by atoms with van der Waals surface area (Å²) >= 11 is 0. The van der Waals surface area contributed by atoms with Crippen molar-refractivity contribution in [3.63, 3.8) is 0 Å². The van der Waals surface area contributed by atoms with Crippen molar-refractivity contribution in [2.45, 2.75) is 180 Å². The van der Waals surface area contributed by atoms with Crippen molar-refractivity contribution in [3.8, 4) is 0 Å². The van der Waals surface area contributed by atoms with Crippen LogP contribution in [0.5, 0.6) is 0 Å². The van der Waals surface area contributed by atoms with E-state index in [4.69, 9.17) is 9.47 Å². The van der Waals surface area contributed by atoms with Crippen molar-refractivity contribution in [1.29, 1.82) is 0 Å². The summed E-state index contributed by atoms with van der Waals surface area (Å²) in [5.74, 6) is -0.587. The monoisotopic (exact) mass is 526 g/mol. The van der Waals surface area contributed by atoms with Crippen LogP contribution in [0, 0.1) is 0 Å². The van der Waals surface area contributed by atoms with Gasteiger partial charge in [0.1, 0.15) is 6.61 Å². The van der Waals surface area contributed by atoms with E-state index < -0.39 is 6.10 Å². The number of aliphatic hydroxyl groups is 1. The predicted octanol–water partition coefficient (Wildman–Crippen LogP) is 9.23. The van der Waals surface area contributed by atoms with Gasteiger partial charge in [0.05, 0.1) is 6.61 Å². The Morgan fingerprint density at radius 2 is 0.838 bits per heavy atom. The third-order valence-corrected chi connectivity index (χ3v) is 7.15. The van der Waals surface area contributed by atoms with Crippen molar-refractivity contribution in [2.24, 2.45) is 0 Å². The van der Waals surface area contributed by atoms with Crippen LogP contribution < -0.4 is 0 Å². The molecule has 0 aliphatic carbocycles. The first-order valence-corrected chi connectivity index (χ1v) is 16.1. The van der Waals surface area contributed by atoms with Gasteiger partial charge in [-0.25, -0.2) is 0 Å². The van der Waals surface area contributed by atoms with Crippen molar-refractivity contribution in [3.05, 3.63) is 0 Å². The van der Waals surface area contributed by atoms with E-state index in [2.05, 4.69) is 13.8 Å². The highest BCUT2D eigenvalue weighted by Crippen LogP contribution is 2.14. The Balaban J connectivity index is 3.52. The SMILES string of the molecule is CCCCCCCCCCCCCCCCCC(=O)OC(CO)COC(=O)CCCCCCCCCC. The lowest BCUT2D eigenvalue weighted by molar-refractivity contribution is -0.161.